The van der Waals surface area contributed by atoms with Crippen molar-refractivity contribution in [2.24, 2.45) is 5.41 Å². The minimum absolute atomic E-state index is 0.121. The van der Waals surface area contributed by atoms with Crippen molar-refractivity contribution < 1.29 is 4.39 Å². The number of hydrogen-bond donors (Lipinski definition) is 0. The standard InChI is InChI=1S/C21H27FN2S/c22-20-3-1-2-18(14-20)15-23-9-5-21(6-10-23)7-11-24(12-8-21)16-19-4-13-25-17-19/h1-4,13-14,17H,5-12,15-16H2. The average Bonchev–Trinajstić information content (AvgIpc) is 3.13. The molecule has 2 nitrogen and oxygen atoms in total. The Morgan fingerprint density at radius 1 is 0.880 bits per heavy atom. The monoisotopic (exact) mass is 358 g/mol. The maximum atomic E-state index is 13.4. The van der Waals surface area contributed by atoms with Crippen molar-refractivity contribution in [3.63, 3.8) is 0 Å². The Balaban J connectivity index is 1.26. The summed E-state index contributed by atoms with van der Waals surface area (Å²) in [6, 6.07) is 9.31. The molecule has 0 radical (unpaired) electrons. The number of hydrogen-bond acceptors (Lipinski definition) is 3. The number of thiophene rings is 1. The lowest BCUT2D eigenvalue weighted by Gasteiger charge is -2.47. The van der Waals surface area contributed by atoms with Crippen molar-refractivity contribution >= 4 is 11.3 Å². The van der Waals surface area contributed by atoms with Crippen molar-refractivity contribution in [1.82, 2.24) is 9.80 Å². The molecule has 25 heavy (non-hydrogen) atoms. The molecule has 2 aliphatic rings. The molecule has 0 bridgehead atoms. The van der Waals surface area contributed by atoms with Crippen LogP contribution in [0.2, 0.25) is 0 Å². The number of likely N-dealkylation sites (tertiary alicyclic amines) is 2. The van der Waals surface area contributed by atoms with Crippen molar-refractivity contribution in [1.29, 1.82) is 0 Å². The highest BCUT2D eigenvalue weighted by Gasteiger charge is 2.37. The lowest BCUT2D eigenvalue weighted by atomic mass is 9.71. The first-order valence-corrected chi connectivity index (χ1v) is 10.4. The molecule has 0 amide bonds. The van der Waals surface area contributed by atoms with E-state index in [1.54, 1.807) is 17.4 Å². The number of piperidine rings is 2. The Bertz CT molecular complexity index is 667. The first-order chi connectivity index (χ1) is 12.2. The van der Waals surface area contributed by atoms with Gasteiger partial charge in [0, 0.05) is 13.1 Å². The van der Waals surface area contributed by atoms with E-state index in [2.05, 4.69) is 26.6 Å². The van der Waals surface area contributed by atoms with Gasteiger partial charge in [-0.15, -0.1) is 0 Å². The second-order valence-electron chi connectivity index (χ2n) is 7.81. The summed E-state index contributed by atoms with van der Waals surface area (Å²) in [6.45, 7) is 6.78. The molecule has 0 atom stereocenters. The topological polar surface area (TPSA) is 6.48 Å². The Morgan fingerprint density at radius 2 is 1.52 bits per heavy atom. The van der Waals surface area contributed by atoms with Crippen molar-refractivity contribution in [2.45, 2.75) is 38.8 Å². The Hall–Kier alpha value is -1.23. The van der Waals surface area contributed by atoms with E-state index in [9.17, 15) is 4.39 Å². The van der Waals surface area contributed by atoms with Gasteiger partial charge in [-0.3, -0.25) is 9.80 Å². The van der Waals surface area contributed by atoms with Crippen LogP contribution in [0, 0.1) is 11.2 Å². The third-order valence-electron chi connectivity index (χ3n) is 6.11. The second kappa shape index (κ2) is 7.56. The smallest absolute Gasteiger partial charge is 0.123 e. The Kier molecular flexibility index (Phi) is 5.20. The third-order valence-corrected chi connectivity index (χ3v) is 6.85. The van der Waals surface area contributed by atoms with Gasteiger partial charge < -0.3 is 0 Å². The van der Waals surface area contributed by atoms with E-state index in [0.29, 0.717) is 5.41 Å². The lowest BCUT2D eigenvalue weighted by Crippen LogP contribution is -2.46. The minimum atomic E-state index is -0.121. The largest absolute Gasteiger partial charge is 0.299 e. The zero-order chi connectivity index (χ0) is 17.1. The Morgan fingerprint density at radius 3 is 2.08 bits per heavy atom. The summed E-state index contributed by atoms with van der Waals surface area (Å²) in [4.78, 5) is 5.12. The highest BCUT2D eigenvalue weighted by Crippen LogP contribution is 2.41. The van der Waals surface area contributed by atoms with Crippen LogP contribution in [0.1, 0.15) is 36.8 Å². The van der Waals surface area contributed by atoms with E-state index in [4.69, 9.17) is 0 Å². The fourth-order valence-electron chi connectivity index (χ4n) is 4.41. The molecule has 1 spiro atoms. The maximum Gasteiger partial charge on any atom is 0.123 e. The number of halogens is 1. The fourth-order valence-corrected chi connectivity index (χ4v) is 5.07. The molecule has 0 unspecified atom stereocenters. The van der Waals surface area contributed by atoms with E-state index < -0.39 is 0 Å². The van der Waals surface area contributed by atoms with Crippen LogP contribution < -0.4 is 0 Å². The summed E-state index contributed by atoms with van der Waals surface area (Å²) in [5.41, 5.74) is 3.12. The fraction of sp³-hybridized carbons (Fsp3) is 0.524. The maximum absolute atomic E-state index is 13.4. The molecule has 2 saturated heterocycles. The molecule has 2 aliphatic heterocycles. The molecule has 1 aromatic heterocycles. The molecule has 2 aromatic rings. The summed E-state index contributed by atoms with van der Waals surface area (Å²) in [6.07, 6.45) is 5.28. The molecule has 2 fully saturated rings. The van der Waals surface area contributed by atoms with Gasteiger partial charge in [-0.05, 0) is 97.4 Å². The zero-order valence-corrected chi connectivity index (χ0v) is 15.6. The third kappa shape index (κ3) is 4.30. The molecular formula is C21H27FN2S. The molecule has 0 saturated carbocycles. The minimum Gasteiger partial charge on any atom is -0.299 e. The number of benzene rings is 1. The van der Waals surface area contributed by atoms with Gasteiger partial charge in [-0.25, -0.2) is 4.39 Å². The van der Waals surface area contributed by atoms with Crippen LogP contribution in [0.5, 0.6) is 0 Å². The molecule has 4 rings (SSSR count). The van der Waals surface area contributed by atoms with Crippen LogP contribution >= 0.6 is 11.3 Å². The van der Waals surface area contributed by atoms with Crippen LogP contribution in [0.15, 0.2) is 41.1 Å². The molecule has 0 aliphatic carbocycles. The highest BCUT2D eigenvalue weighted by molar-refractivity contribution is 7.07. The molecule has 1 aromatic carbocycles. The number of rotatable bonds is 4. The summed E-state index contributed by atoms with van der Waals surface area (Å²) in [5.74, 6) is -0.121. The van der Waals surface area contributed by atoms with Crippen LogP contribution in [-0.2, 0) is 13.1 Å². The first kappa shape index (κ1) is 17.2. The quantitative estimate of drug-likeness (QED) is 0.777. The van der Waals surface area contributed by atoms with E-state index in [0.717, 1.165) is 31.7 Å². The summed E-state index contributed by atoms with van der Waals surface area (Å²) in [7, 11) is 0. The van der Waals surface area contributed by atoms with E-state index in [-0.39, 0.29) is 5.82 Å². The second-order valence-corrected chi connectivity index (χ2v) is 8.59. The average molecular weight is 359 g/mol. The van der Waals surface area contributed by atoms with E-state index in [1.165, 1.54) is 50.4 Å². The van der Waals surface area contributed by atoms with Crippen molar-refractivity contribution in [3.8, 4) is 0 Å². The normalized spacial score (nSPS) is 21.6. The molecule has 3 heterocycles. The van der Waals surface area contributed by atoms with Gasteiger partial charge in [0.05, 0.1) is 0 Å². The van der Waals surface area contributed by atoms with Gasteiger partial charge in [0.15, 0.2) is 0 Å². The summed E-state index contributed by atoms with van der Waals surface area (Å²) >= 11 is 1.80. The summed E-state index contributed by atoms with van der Waals surface area (Å²) in [5, 5.41) is 4.45. The van der Waals surface area contributed by atoms with E-state index >= 15 is 0 Å². The first-order valence-electron chi connectivity index (χ1n) is 9.41. The van der Waals surface area contributed by atoms with Crippen molar-refractivity contribution in [3.05, 3.63) is 58.0 Å². The van der Waals surface area contributed by atoms with Gasteiger partial charge in [0.25, 0.3) is 0 Å². The molecular weight excluding hydrogens is 331 g/mol. The SMILES string of the molecule is Fc1cccc(CN2CCC3(CCN(Cc4ccsc4)CC3)CC2)c1. The zero-order valence-electron chi connectivity index (χ0n) is 14.8. The van der Waals surface area contributed by atoms with Gasteiger partial charge in [0.1, 0.15) is 5.82 Å². The highest BCUT2D eigenvalue weighted by atomic mass is 32.1. The predicted molar refractivity (Wildman–Crippen MR) is 102 cm³/mol. The Labute approximate surface area is 154 Å². The number of nitrogens with zero attached hydrogens (tertiary/aromatic N) is 2. The summed E-state index contributed by atoms with van der Waals surface area (Å²) < 4.78 is 13.4. The van der Waals surface area contributed by atoms with Crippen LogP contribution in [0.25, 0.3) is 0 Å². The van der Waals surface area contributed by atoms with Crippen LogP contribution in [0.4, 0.5) is 4.39 Å². The van der Waals surface area contributed by atoms with Gasteiger partial charge >= 0.3 is 0 Å². The van der Waals surface area contributed by atoms with Gasteiger partial charge in [-0.2, -0.15) is 11.3 Å². The molecule has 134 valence electrons. The van der Waals surface area contributed by atoms with Crippen LogP contribution in [-0.4, -0.2) is 36.0 Å². The predicted octanol–water partition coefficient (Wildman–Crippen LogP) is 4.77. The van der Waals surface area contributed by atoms with Crippen LogP contribution in [0.3, 0.4) is 0 Å². The molecule has 4 heteroatoms. The lowest BCUT2D eigenvalue weighted by molar-refractivity contribution is 0.0300. The van der Waals surface area contributed by atoms with Gasteiger partial charge in [-0.1, -0.05) is 12.1 Å². The van der Waals surface area contributed by atoms with Gasteiger partial charge in [0.2, 0.25) is 0 Å². The molecule has 0 N–H and O–H groups in total. The van der Waals surface area contributed by atoms with Crippen molar-refractivity contribution in [2.75, 3.05) is 26.2 Å². The van der Waals surface area contributed by atoms with E-state index in [1.807, 2.05) is 12.1 Å².